The lowest BCUT2D eigenvalue weighted by atomic mass is 10.0. The fourth-order valence-electron chi connectivity index (χ4n) is 2.08. The van der Waals surface area contributed by atoms with E-state index in [-0.39, 0.29) is 5.97 Å². The maximum atomic E-state index is 11.4. The highest BCUT2D eigenvalue weighted by Crippen LogP contribution is 2.13. The number of unbranched alkanes of at least 4 members (excludes halogenated alkanes) is 1. The summed E-state index contributed by atoms with van der Waals surface area (Å²) < 4.78 is 4.75. The van der Waals surface area contributed by atoms with Crippen molar-refractivity contribution in [1.82, 2.24) is 4.90 Å². The van der Waals surface area contributed by atoms with Crippen LogP contribution in [-0.4, -0.2) is 31.1 Å². The molecule has 0 radical (unpaired) electrons. The van der Waals surface area contributed by atoms with E-state index in [1.165, 1.54) is 25.5 Å². The molecule has 0 heterocycles. The van der Waals surface area contributed by atoms with Crippen molar-refractivity contribution in [2.45, 2.75) is 39.7 Å². The Morgan fingerprint density at radius 1 is 1.21 bits per heavy atom. The van der Waals surface area contributed by atoms with Gasteiger partial charge < -0.3 is 4.74 Å². The van der Waals surface area contributed by atoms with E-state index in [0.717, 1.165) is 25.2 Å². The summed E-state index contributed by atoms with van der Waals surface area (Å²) in [4.78, 5) is 13.8. The maximum Gasteiger partial charge on any atom is 0.309 e. The van der Waals surface area contributed by atoms with Crippen LogP contribution in [0.4, 0.5) is 0 Å². The molecule has 0 aliphatic carbocycles. The Labute approximate surface area is 116 Å². The van der Waals surface area contributed by atoms with E-state index in [4.69, 9.17) is 4.74 Å². The van der Waals surface area contributed by atoms with Crippen LogP contribution in [0.1, 0.15) is 37.8 Å². The predicted molar refractivity (Wildman–Crippen MR) is 78.0 cm³/mol. The van der Waals surface area contributed by atoms with E-state index in [9.17, 15) is 4.79 Å². The minimum Gasteiger partial charge on any atom is -0.469 e. The first-order valence-corrected chi connectivity index (χ1v) is 7.07. The second-order valence-electron chi connectivity index (χ2n) is 4.74. The molecule has 0 aliphatic heterocycles. The molecule has 0 bridgehead atoms. The number of carbonyl (C=O) groups excluding carboxylic acids is 1. The molecule has 3 heteroatoms. The number of nitrogens with zero attached hydrogens (tertiary/aromatic N) is 1. The summed E-state index contributed by atoms with van der Waals surface area (Å²) in [6.07, 6.45) is 2.78. The Morgan fingerprint density at radius 3 is 2.47 bits per heavy atom. The van der Waals surface area contributed by atoms with Crippen LogP contribution in [0.5, 0.6) is 0 Å². The van der Waals surface area contributed by atoms with Crippen molar-refractivity contribution in [3.05, 3.63) is 35.4 Å². The number of rotatable bonds is 8. The smallest absolute Gasteiger partial charge is 0.309 e. The summed E-state index contributed by atoms with van der Waals surface area (Å²) in [6, 6.07) is 8.13. The second-order valence-corrected chi connectivity index (χ2v) is 4.74. The number of esters is 1. The second kappa shape index (κ2) is 8.70. The van der Waals surface area contributed by atoms with Gasteiger partial charge in [0.15, 0.2) is 0 Å². The number of hydrogen-bond acceptors (Lipinski definition) is 3. The number of hydrogen-bond donors (Lipinski definition) is 0. The summed E-state index contributed by atoms with van der Waals surface area (Å²) in [5, 5.41) is 0. The van der Waals surface area contributed by atoms with Gasteiger partial charge in [0.1, 0.15) is 0 Å². The predicted octanol–water partition coefficient (Wildman–Crippen LogP) is 3.02. The van der Waals surface area contributed by atoms with Crippen LogP contribution in [0, 0.1) is 0 Å². The molecule has 0 fully saturated rings. The van der Waals surface area contributed by atoms with Crippen molar-refractivity contribution >= 4 is 5.97 Å². The van der Waals surface area contributed by atoms with Crippen LogP contribution in [-0.2, 0) is 22.5 Å². The average molecular weight is 263 g/mol. The van der Waals surface area contributed by atoms with Gasteiger partial charge in [0.25, 0.3) is 0 Å². The molecule has 0 N–H and O–H groups in total. The molecule has 1 rings (SSSR count). The molecular weight excluding hydrogens is 238 g/mol. The number of ether oxygens (including phenoxy) is 1. The molecule has 0 amide bonds. The molecule has 0 aromatic heterocycles. The molecule has 19 heavy (non-hydrogen) atoms. The van der Waals surface area contributed by atoms with Crippen molar-refractivity contribution < 1.29 is 9.53 Å². The monoisotopic (exact) mass is 263 g/mol. The van der Waals surface area contributed by atoms with Gasteiger partial charge in [-0.25, -0.2) is 0 Å². The fraction of sp³-hybridized carbons (Fsp3) is 0.562. The third kappa shape index (κ3) is 5.43. The van der Waals surface area contributed by atoms with E-state index in [2.05, 4.69) is 24.8 Å². The first-order chi connectivity index (χ1) is 9.21. The zero-order valence-corrected chi connectivity index (χ0v) is 12.3. The minimum absolute atomic E-state index is 0.177. The zero-order chi connectivity index (χ0) is 14.1. The van der Waals surface area contributed by atoms with Crippen LogP contribution in [0.15, 0.2) is 24.3 Å². The normalized spacial score (nSPS) is 10.7. The average Bonchev–Trinajstić information content (AvgIpc) is 2.44. The molecule has 1 aromatic rings. The Bertz CT molecular complexity index is 390. The molecule has 0 atom stereocenters. The third-order valence-electron chi connectivity index (χ3n) is 3.35. The van der Waals surface area contributed by atoms with Gasteiger partial charge in [-0.1, -0.05) is 44.5 Å². The van der Waals surface area contributed by atoms with Gasteiger partial charge in [0.05, 0.1) is 13.5 Å². The van der Waals surface area contributed by atoms with Gasteiger partial charge in [-0.05, 0) is 30.6 Å². The summed E-state index contributed by atoms with van der Waals surface area (Å²) in [6.45, 7) is 7.44. The molecule has 1 aromatic carbocycles. The molecule has 0 saturated carbocycles. The van der Waals surface area contributed by atoms with Crippen LogP contribution >= 0.6 is 0 Å². The lowest BCUT2D eigenvalue weighted by Gasteiger charge is -2.21. The van der Waals surface area contributed by atoms with Crippen molar-refractivity contribution in [3.63, 3.8) is 0 Å². The summed E-state index contributed by atoms with van der Waals surface area (Å²) in [5.74, 6) is -0.177. The third-order valence-corrected chi connectivity index (χ3v) is 3.35. The van der Waals surface area contributed by atoms with Crippen molar-refractivity contribution in [2.24, 2.45) is 0 Å². The number of benzene rings is 1. The highest BCUT2D eigenvalue weighted by molar-refractivity contribution is 5.72. The fourth-order valence-corrected chi connectivity index (χ4v) is 2.08. The Morgan fingerprint density at radius 2 is 1.89 bits per heavy atom. The first-order valence-electron chi connectivity index (χ1n) is 7.07. The molecule has 0 unspecified atom stereocenters. The van der Waals surface area contributed by atoms with Crippen LogP contribution < -0.4 is 0 Å². The van der Waals surface area contributed by atoms with E-state index in [1.54, 1.807) is 0 Å². The molecular formula is C16H25NO2. The quantitative estimate of drug-likeness (QED) is 0.675. The van der Waals surface area contributed by atoms with E-state index < -0.39 is 0 Å². The van der Waals surface area contributed by atoms with Crippen LogP contribution in [0.25, 0.3) is 0 Å². The van der Waals surface area contributed by atoms with Gasteiger partial charge in [0, 0.05) is 6.54 Å². The van der Waals surface area contributed by atoms with E-state index in [1.807, 2.05) is 18.2 Å². The topological polar surface area (TPSA) is 29.5 Å². The highest BCUT2D eigenvalue weighted by Gasteiger charge is 2.10. The molecule has 0 aliphatic rings. The van der Waals surface area contributed by atoms with E-state index >= 15 is 0 Å². The summed E-state index contributed by atoms with van der Waals surface area (Å²) >= 11 is 0. The van der Waals surface area contributed by atoms with E-state index in [0.29, 0.717) is 6.42 Å². The summed E-state index contributed by atoms with van der Waals surface area (Å²) in [5.41, 5.74) is 2.30. The Kier molecular flexibility index (Phi) is 7.19. The largest absolute Gasteiger partial charge is 0.469 e. The first kappa shape index (κ1) is 15.7. The standard InChI is InChI=1S/C16H25NO2/c1-4-6-11-17(5-2)13-15-10-8-7-9-14(15)12-16(18)19-3/h7-10H,4-6,11-13H2,1-3H3. The van der Waals surface area contributed by atoms with Crippen molar-refractivity contribution in [2.75, 3.05) is 20.2 Å². The number of carbonyl (C=O) groups is 1. The van der Waals surface area contributed by atoms with Crippen molar-refractivity contribution in [1.29, 1.82) is 0 Å². The Balaban J connectivity index is 2.72. The summed E-state index contributed by atoms with van der Waals surface area (Å²) in [7, 11) is 1.44. The number of methoxy groups -OCH3 is 1. The Hall–Kier alpha value is -1.35. The molecule has 3 nitrogen and oxygen atoms in total. The maximum absolute atomic E-state index is 11.4. The lowest BCUT2D eigenvalue weighted by molar-refractivity contribution is -0.139. The molecule has 0 saturated heterocycles. The zero-order valence-electron chi connectivity index (χ0n) is 12.3. The molecule has 106 valence electrons. The minimum atomic E-state index is -0.177. The van der Waals surface area contributed by atoms with Gasteiger partial charge in [-0.3, -0.25) is 9.69 Å². The van der Waals surface area contributed by atoms with Crippen molar-refractivity contribution in [3.8, 4) is 0 Å². The van der Waals surface area contributed by atoms with Gasteiger partial charge in [-0.15, -0.1) is 0 Å². The highest BCUT2D eigenvalue weighted by atomic mass is 16.5. The van der Waals surface area contributed by atoms with Gasteiger partial charge in [0.2, 0.25) is 0 Å². The van der Waals surface area contributed by atoms with Gasteiger partial charge in [-0.2, -0.15) is 0 Å². The van der Waals surface area contributed by atoms with Crippen LogP contribution in [0.3, 0.4) is 0 Å². The SMILES string of the molecule is CCCCN(CC)Cc1ccccc1CC(=O)OC. The van der Waals surface area contributed by atoms with Gasteiger partial charge >= 0.3 is 5.97 Å². The lowest BCUT2D eigenvalue weighted by Crippen LogP contribution is -2.24. The molecule has 0 spiro atoms. The van der Waals surface area contributed by atoms with Crippen LogP contribution in [0.2, 0.25) is 0 Å².